The van der Waals surface area contributed by atoms with E-state index in [-0.39, 0.29) is 11.5 Å². The number of furan rings is 1. The van der Waals surface area contributed by atoms with Crippen LogP contribution in [-0.2, 0) is 6.54 Å². The van der Waals surface area contributed by atoms with Gasteiger partial charge in [0.1, 0.15) is 11.5 Å². The second kappa shape index (κ2) is 9.38. The minimum absolute atomic E-state index is 0.0276. The molecule has 0 unspecified atom stereocenters. The van der Waals surface area contributed by atoms with Crippen LogP contribution in [0.4, 0.5) is 5.95 Å². The van der Waals surface area contributed by atoms with Gasteiger partial charge in [0.25, 0.3) is 0 Å². The summed E-state index contributed by atoms with van der Waals surface area (Å²) < 4.78 is 12.8. The number of aromatic nitrogens is 3. The van der Waals surface area contributed by atoms with Crippen molar-refractivity contribution in [2.45, 2.75) is 31.5 Å². The smallest absolute Gasteiger partial charge is 0.228 e. The second-order valence-electron chi connectivity index (χ2n) is 7.56. The highest BCUT2D eigenvalue weighted by Gasteiger charge is 2.24. The summed E-state index contributed by atoms with van der Waals surface area (Å²) in [6.45, 7) is 4.75. The molecular formula is C22H26N4O3S. The summed E-state index contributed by atoms with van der Waals surface area (Å²) in [4.78, 5) is 15.0. The first-order valence-electron chi connectivity index (χ1n) is 10.1. The summed E-state index contributed by atoms with van der Waals surface area (Å²) in [5.41, 5.74) is 0.629. The molecule has 2 aromatic heterocycles. The van der Waals surface area contributed by atoms with Crippen LogP contribution >= 0.6 is 11.8 Å². The molecule has 3 aromatic rings. The highest BCUT2D eigenvalue weighted by Crippen LogP contribution is 2.27. The average molecular weight is 427 g/mol. The second-order valence-corrected chi connectivity index (χ2v) is 8.50. The Morgan fingerprint density at radius 1 is 1.23 bits per heavy atom. The maximum Gasteiger partial charge on any atom is 0.228 e. The Labute approximate surface area is 180 Å². The van der Waals surface area contributed by atoms with Gasteiger partial charge in [-0.15, -0.1) is 10.2 Å². The lowest BCUT2D eigenvalue weighted by atomic mass is 10.00. The first kappa shape index (κ1) is 20.5. The van der Waals surface area contributed by atoms with Crippen molar-refractivity contribution in [3.8, 4) is 5.75 Å². The Kier molecular flexibility index (Phi) is 6.42. The number of carbonyl (C=O) groups is 1. The number of rotatable bonds is 8. The van der Waals surface area contributed by atoms with E-state index in [1.807, 2.05) is 24.3 Å². The molecule has 1 fully saturated rings. The molecule has 1 saturated heterocycles. The molecule has 7 nitrogen and oxygen atoms in total. The maximum absolute atomic E-state index is 12.7. The molecule has 0 amide bonds. The van der Waals surface area contributed by atoms with E-state index < -0.39 is 0 Å². The topological polar surface area (TPSA) is 73.4 Å². The predicted octanol–water partition coefficient (Wildman–Crippen LogP) is 4.14. The predicted molar refractivity (Wildman–Crippen MR) is 116 cm³/mol. The van der Waals surface area contributed by atoms with E-state index in [2.05, 4.69) is 26.6 Å². The van der Waals surface area contributed by atoms with Crippen LogP contribution in [0.3, 0.4) is 0 Å². The van der Waals surface area contributed by atoms with Crippen molar-refractivity contribution in [3.63, 3.8) is 0 Å². The number of carbonyl (C=O) groups excluding carboxylic acids is 1. The maximum atomic E-state index is 12.7. The van der Waals surface area contributed by atoms with Gasteiger partial charge in [0.15, 0.2) is 10.9 Å². The SMILES string of the molecule is COc1cccc(C(=O)CSc2nnc(N3CCC(C)CC3)n2Cc2ccco2)c1. The highest BCUT2D eigenvalue weighted by molar-refractivity contribution is 7.99. The van der Waals surface area contributed by atoms with E-state index in [1.54, 1.807) is 25.5 Å². The van der Waals surface area contributed by atoms with Crippen LogP contribution in [0.1, 0.15) is 35.9 Å². The zero-order valence-electron chi connectivity index (χ0n) is 17.3. The minimum Gasteiger partial charge on any atom is -0.497 e. The lowest BCUT2D eigenvalue weighted by Gasteiger charge is -2.31. The number of methoxy groups -OCH3 is 1. The van der Waals surface area contributed by atoms with Crippen molar-refractivity contribution >= 4 is 23.5 Å². The van der Waals surface area contributed by atoms with Crippen LogP contribution < -0.4 is 9.64 Å². The van der Waals surface area contributed by atoms with Crippen LogP contribution in [0.5, 0.6) is 5.75 Å². The van der Waals surface area contributed by atoms with Crippen LogP contribution in [0.2, 0.25) is 0 Å². The number of nitrogens with zero attached hydrogens (tertiary/aromatic N) is 4. The van der Waals surface area contributed by atoms with Crippen LogP contribution in [0.15, 0.2) is 52.2 Å². The Bertz CT molecular complexity index is 978. The lowest BCUT2D eigenvalue weighted by molar-refractivity contribution is 0.102. The molecule has 0 bridgehead atoms. The lowest BCUT2D eigenvalue weighted by Crippen LogP contribution is -2.35. The van der Waals surface area contributed by atoms with E-state index in [1.165, 1.54) is 11.8 Å². The number of Topliss-reactive ketones (excluding diaryl/α,β-unsaturated/α-hetero) is 1. The van der Waals surface area contributed by atoms with Crippen LogP contribution in [0.25, 0.3) is 0 Å². The van der Waals surface area contributed by atoms with Gasteiger partial charge in [-0.3, -0.25) is 9.36 Å². The zero-order chi connectivity index (χ0) is 20.9. The molecule has 0 saturated carbocycles. The molecule has 4 rings (SSSR count). The molecule has 1 aromatic carbocycles. The fourth-order valence-corrected chi connectivity index (χ4v) is 4.36. The summed E-state index contributed by atoms with van der Waals surface area (Å²) in [7, 11) is 1.60. The Morgan fingerprint density at radius 2 is 2.07 bits per heavy atom. The Morgan fingerprint density at radius 3 is 2.80 bits per heavy atom. The first-order valence-corrected chi connectivity index (χ1v) is 11.1. The minimum atomic E-state index is 0.0276. The summed E-state index contributed by atoms with van der Waals surface area (Å²) in [5.74, 6) is 3.39. The van der Waals surface area contributed by atoms with Crippen molar-refractivity contribution in [2.75, 3.05) is 30.9 Å². The number of hydrogen-bond donors (Lipinski definition) is 0. The summed E-state index contributed by atoms with van der Waals surface area (Å²) >= 11 is 1.40. The van der Waals surface area contributed by atoms with Gasteiger partial charge >= 0.3 is 0 Å². The molecule has 8 heteroatoms. The number of hydrogen-bond acceptors (Lipinski definition) is 7. The van der Waals surface area contributed by atoms with Gasteiger partial charge < -0.3 is 14.1 Å². The standard InChI is InChI=1S/C22H26N4O3S/c1-16-8-10-25(11-9-16)21-23-24-22(26(21)14-19-7-4-12-29-19)30-15-20(27)17-5-3-6-18(13-17)28-2/h3-7,12-13,16H,8-11,14-15H2,1-2H3. The van der Waals surface area contributed by atoms with Crippen molar-refractivity contribution in [3.05, 3.63) is 54.0 Å². The third kappa shape index (κ3) is 4.70. The van der Waals surface area contributed by atoms with Crippen molar-refractivity contribution < 1.29 is 13.9 Å². The van der Waals surface area contributed by atoms with Crippen molar-refractivity contribution in [2.24, 2.45) is 5.92 Å². The van der Waals surface area contributed by atoms with Gasteiger partial charge in [-0.05, 0) is 43.0 Å². The molecule has 1 aliphatic rings. The number of benzene rings is 1. The van der Waals surface area contributed by atoms with E-state index in [0.29, 0.717) is 17.9 Å². The molecule has 30 heavy (non-hydrogen) atoms. The van der Waals surface area contributed by atoms with E-state index in [0.717, 1.165) is 48.7 Å². The molecular weight excluding hydrogens is 400 g/mol. The van der Waals surface area contributed by atoms with Gasteiger partial charge in [-0.25, -0.2) is 0 Å². The van der Waals surface area contributed by atoms with Crippen LogP contribution in [-0.4, -0.2) is 46.5 Å². The molecule has 158 valence electrons. The molecule has 0 spiro atoms. The molecule has 0 radical (unpaired) electrons. The van der Waals surface area contributed by atoms with Crippen LogP contribution in [0, 0.1) is 5.92 Å². The largest absolute Gasteiger partial charge is 0.497 e. The fourth-order valence-electron chi connectivity index (χ4n) is 3.54. The summed E-state index contributed by atoms with van der Waals surface area (Å²) in [6.07, 6.45) is 3.95. The third-order valence-electron chi connectivity index (χ3n) is 5.38. The molecule has 3 heterocycles. The quantitative estimate of drug-likeness (QED) is 0.396. The Balaban J connectivity index is 1.52. The number of ketones is 1. The molecule has 1 aliphatic heterocycles. The summed E-state index contributed by atoms with van der Waals surface area (Å²) in [6, 6.07) is 11.0. The van der Waals surface area contributed by atoms with Crippen molar-refractivity contribution in [1.29, 1.82) is 0 Å². The fraction of sp³-hybridized carbons (Fsp3) is 0.409. The van der Waals surface area contributed by atoms with E-state index >= 15 is 0 Å². The van der Waals surface area contributed by atoms with Gasteiger partial charge in [0, 0.05) is 18.7 Å². The van der Waals surface area contributed by atoms with E-state index in [9.17, 15) is 4.79 Å². The molecule has 0 atom stereocenters. The van der Waals surface area contributed by atoms with Gasteiger partial charge in [0.05, 0.1) is 25.7 Å². The monoisotopic (exact) mass is 426 g/mol. The average Bonchev–Trinajstić information content (AvgIpc) is 3.43. The third-order valence-corrected chi connectivity index (χ3v) is 6.35. The number of thioether (sulfide) groups is 1. The number of anilines is 1. The highest BCUT2D eigenvalue weighted by atomic mass is 32.2. The Hall–Kier alpha value is -2.74. The van der Waals surface area contributed by atoms with Crippen molar-refractivity contribution in [1.82, 2.24) is 14.8 Å². The number of ether oxygens (including phenoxy) is 1. The van der Waals surface area contributed by atoms with Gasteiger partial charge in [-0.1, -0.05) is 30.8 Å². The van der Waals surface area contributed by atoms with Gasteiger partial charge in [0.2, 0.25) is 5.95 Å². The molecule has 0 aliphatic carbocycles. The zero-order valence-corrected chi connectivity index (χ0v) is 18.1. The normalized spacial score (nSPS) is 14.8. The first-order chi connectivity index (χ1) is 14.6. The van der Waals surface area contributed by atoms with E-state index in [4.69, 9.17) is 9.15 Å². The summed E-state index contributed by atoms with van der Waals surface area (Å²) in [5, 5.41) is 9.59. The molecule has 0 N–H and O–H groups in total. The van der Waals surface area contributed by atoms with Gasteiger partial charge in [-0.2, -0.15) is 0 Å². The number of piperidine rings is 1.